The Hall–Kier alpha value is -1.07. The lowest BCUT2D eigenvalue weighted by molar-refractivity contribution is -0.0493. The number of alkyl halides is 2. The number of nitrogens with one attached hydrogen (secondary N) is 1. The van der Waals surface area contributed by atoms with Crippen molar-refractivity contribution in [3.8, 4) is 5.75 Å². The summed E-state index contributed by atoms with van der Waals surface area (Å²) in [7, 11) is 0. The van der Waals surface area contributed by atoms with Crippen molar-refractivity contribution in [2.24, 2.45) is 5.84 Å². The van der Waals surface area contributed by atoms with Crippen LogP contribution in [0.25, 0.3) is 0 Å². The first-order chi connectivity index (χ1) is 6.15. The molecule has 0 amide bonds. The van der Waals surface area contributed by atoms with Crippen LogP contribution >= 0.6 is 11.6 Å². The van der Waals surface area contributed by atoms with Gasteiger partial charge >= 0.3 is 6.61 Å². The van der Waals surface area contributed by atoms with E-state index in [-0.39, 0.29) is 16.5 Å². The first kappa shape index (κ1) is 10.0. The summed E-state index contributed by atoms with van der Waals surface area (Å²) in [4.78, 5) is 0. The fraction of sp³-hybridized carbons (Fsp3) is 0.143. The minimum absolute atomic E-state index is 0.0787. The summed E-state index contributed by atoms with van der Waals surface area (Å²) in [5, 5.41) is 0.223. The van der Waals surface area contributed by atoms with Crippen molar-refractivity contribution in [2.45, 2.75) is 6.61 Å². The largest absolute Gasteiger partial charge is 0.433 e. The highest BCUT2D eigenvalue weighted by Gasteiger charge is 2.10. The molecule has 0 saturated carbocycles. The maximum atomic E-state index is 11.8. The van der Waals surface area contributed by atoms with E-state index in [0.29, 0.717) is 0 Å². The van der Waals surface area contributed by atoms with Crippen molar-refractivity contribution in [3.63, 3.8) is 0 Å². The van der Waals surface area contributed by atoms with Gasteiger partial charge in [0.25, 0.3) is 0 Å². The number of hydrogen-bond donors (Lipinski definition) is 2. The standard InChI is InChI=1S/C7H7ClF2N2O/c8-4-2-1-3-5(6(4)12-11)13-7(9)10/h1-3,7,12H,11H2. The Morgan fingerprint density at radius 3 is 2.69 bits per heavy atom. The van der Waals surface area contributed by atoms with Crippen LogP contribution < -0.4 is 16.0 Å². The maximum Gasteiger partial charge on any atom is 0.387 e. The number of hydrazine groups is 1. The van der Waals surface area contributed by atoms with Gasteiger partial charge in [0.15, 0.2) is 5.75 Å². The Bertz CT molecular complexity index is 296. The van der Waals surface area contributed by atoms with Crippen molar-refractivity contribution in [1.82, 2.24) is 0 Å². The quantitative estimate of drug-likeness (QED) is 0.592. The number of hydrogen-bond acceptors (Lipinski definition) is 3. The number of rotatable bonds is 3. The average Bonchev–Trinajstić information content (AvgIpc) is 2.03. The van der Waals surface area contributed by atoms with Crippen LogP contribution in [0, 0.1) is 0 Å². The zero-order valence-electron chi connectivity index (χ0n) is 6.43. The molecule has 0 radical (unpaired) electrons. The SMILES string of the molecule is NNc1c(Cl)cccc1OC(F)F. The van der Waals surface area contributed by atoms with Crippen LogP contribution in [0.2, 0.25) is 5.02 Å². The Labute approximate surface area is 78.4 Å². The molecule has 3 N–H and O–H groups in total. The van der Waals surface area contributed by atoms with Gasteiger partial charge < -0.3 is 10.2 Å². The summed E-state index contributed by atoms with van der Waals surface area (Å²) in [5.74, 6) is 4.99. The Morgan fingerprint density at radius 2 is 2.15 bits per heavy atom. The number of halogens is 3. The number of nitrogen functional groups attached to an aromatic ring is 1. The number of nitrogens with two attached hydrogens (primary N) is 1. The lowest BCUT2D eigenvalue weighted by atomic mass is 10.3. The summed E-state index contributed by atoms with van der Waals surface area (Å²) < 4.78 is 27.8. The molecule has 1 aromatic carbocycles. The second kappa shape index (κ2) is 4.25. The van der Waals surface area contributed by atoms with Crippen LogP contribution in [0.3, 0.4) is 0 Å². The molecule has 0 unspecified atom stereocenters. The van der Waals surface area contributed by atoms with Gasteiger partial charge in [0.1, 0.15) is 5.69 Å². The third kappa shape index (κ3) is 2.43. The molecule has 3 nitrogen and oxygen atoms in total. The first-order valence-electron chi connectivity index (χ1n) is 3.35. The lowest BCUT2D eigenvalue weighted by Gasteiger charge is -2.10. The third-order valence-corrected chi connectivity index (χ3v) is 1.65. The summed E-state index contributed by atoms with van der Waals surface area (Å²) in [5.41, 5.74) is 2.32. The van der Waals surface area contributed by atoms with Crippen LogP contribution in [0.15, 0.2) is 18.2 Å². The van der Waals surface area contributed by atoms with Gasteiger partial charge in [-0.25, -0.2) is 0 Å². The molecule has 1 rings (SSSR count). The van der Waals surface area contributed by atoms with Crippen molar-refractivity contribution in [3.05, 3.63) is 23.2 Å². The highest BCUT2D eigenvalue weighted by molar-refractivity contribution is 6.33. The van der Waals surface area contributed by atoms with E-state index in [1.165, 1.54) is 18.2 Å². The molecular weight excluding hydrogens is 202 g/mol. The first-order valence-corrected chi connectivity index (χ1v) is 3.73. The molecule has 0 saturated heterocycles. The summed E-state index contributed by atoms with van der Waals surface area (Å²) >= 11 is 5.65. The predicted molar refractivity (Wildman–Crippen MR) is 45.9 cm³/mol. The summed E-state index contributed by atoms with van der Waals surface area (Å²) in [6, 6.07) is 4.34. The number of ether oxygens (including phenoxy) is 1. The van der Waals surface area contributed by atoms with Gasteiger partial charge in [0, 0.05) is 0 Å². The third-order valence-electron chi connectivity index (χ3n) is 1.34. The van der Waals surface area contributed by atoms with Crippen LogP contribution in [-0.2, 0) is 0 Å². The summed E-state index contributed by atoms with van der Waals surface area (Å²) in [6.45, 7) is -2.90. The Kier molecular flexibility index (Phi) is 3.27. The Balaban J connectivity index is 2.98. The van der Waals surface area contributed by atoms with Crippen LogP contribution in [0.4, 0.5) is 14.5 Å². The van der Waals surface area contributed by atoms with Crippen molar-refractivity contribution < 1.29 is 13.5 Å². The predicted octanol–water partition coefficient (Wildman–Crippen LogP) is 2.23. The van der Waals surface area contributed by atoms with Gasteiger partial charge in [-0.15, -0.1) is 0 Å². The smallest absolute Gasteiger partial charge is 0.387 e. The van der Waals surface area contributed by atoms with E-state index in [1.54, 1.807) is 0 Å². The second-order valence-corrected chi connectivity index (χ2v) is 2.54. The van der Waals surface area contributed by atoms with Crippen LogP contribution in [0.1, 0.15) is 0 Å². The monoisotopic (exact) mass is 208 g/mol. The second-order valence-electron chi connectivity index (χ2n) is 2.14. The van der Waals surface area contributed by atoms with E-state index in [0.717, 1.165) is 0 Å². The van der Waals surface area contributed by atoms with Gasteiger partial charge in [-0.2, -0.15) is 8.78 Å². The fourth-order valence-electron chi connectivity index (χ4n) is 0.839. The molecule has 0 aliphatic carbocycles. The van der Waals surface area contributed by atoms with E-state index in [9.17, 15) is 8.78 Å². The molecule has 72 valence electrons. The molecule has 13 heavy (non-hydrogen) atoms. The van der Waals surface area contributed by atoms with Gasteiger partial charge in [0.2, 0.25) is 0 Å². The average molecular weight is 209 g/mol. The van der Waals surface area contributed by atoms with Gasteiger partial charge in [-0.3, -0.25) is 5.84 Å². The molecule has 6 heteroatoms. The van der Waals surface area contributed by atoms with Crippen molar-refractivity contribution in [1.29, 1.82) is 0 Å². The number of benzene rings is 1. The molecule has 0 atom stereocenters. The van der Waals surface area contributed by atoms with E-state index < -0.39 is 6.61 Å². The topological polar surface area (TPSA) is 47.3 Å². The molecule has 0 aliphatic heterocycles. The molecular formula is C7H7ClF2N2O. The lowest BCUT2D eigenvalue weighted by Crippen LogP contribution is -2.11. The molecule has 0 aromatic heterocycles. The molecule has 0 spiro atoms. The highest BCUT2D eigenvalue weighted by Crippen LogP contribution is 2.32. The van der Waals surface area contributed by atoms with E-state index in [4.69, 9.17) is 17.4 Å². The maximum absolute atomic E-state index is 11.8. The summed E-state index contributed by atoms with van der Waals surface area (Å²) in [6.07, 6.45) is 0. The zero-order valence-corrected chi connectivity index (χ0v) is 7.18. The van der Waals surface area contributed by atoms with Crippen LogP contribution in [-0.4, -0.2) is 6.61 Å². The van der Waals surface area contributed by atoms with E-state index in [2.05, 4.69) is 10.2 Å². The van der Waals surface area contributed by atoms with Gasteiger partial charge in [0.05, 0.1) is 5.02 Å². The minimum atomic E-state index is -2.90. The molecule has 0 bridgehead atoms. The van der Waals surface area contributed by atoms with Gasteiger partial charge in [-0.05, 0) is 12.1 Å². The van der Waals surface area contributed by atoms with E-state index >= 15 is 0 Å². The van der Waals surface area contributed by atoms with Crippen molar-refractivity contribution >= 4 is 17.3 Å². The molecule has 0 fully saturated rings. The van der Waals surface area contributed by atoms with Crippen LogP contribution in [0.5, 0.6) is 5.75 Å². The number of para-hydroxylation sites is 1. The molecule has 0 heterocycles. The zero-order chi connectivity index (χ0) is 9.84. The molecule has 1 aromatic rings. The highest BCUT2D eigenvalue weighted by atomic mass is 35.5. The number of anilines is 1. The van der Waals surface area contributed by atoms with E-state index in [1.807, 2.05) is 0 Å². The fourth-order valence-corrected chi connectivity index (χ4v) is 1.06. The molecule has 0 aliphatic rings. The minimum Gasteiger partial charge on any atom is -0.433 e. The van der Waals surface area contributed by atoms with Gasteiger partial charge in [-0.1, -0.05) is 17.7 Å². The normalized spacial score (nSPS) is 10.2. The Morgan fingerprint density at radius 1 is 1.46 bits per heavy atom. The van der Waals surface area contributed by atoms with Crippen molar-refractivity contribution in [2.75, 3.05) is 5.43 Å².